The van der Waals surface area contributed by atoms with E-state index in [1.54, 1.807) is 0 Å². The third-order valence-electron chi connectivity index (χ3n) is 5.20. The summed E-state index contributed by atoms with van der Waals surface area (Å²) in [6.07, 6.45) is 5.21. The topological polar surface area (TPSA) is 30.9 Å². The quantitative estimate of drug-likeness (QED) is 0.416. The highest BCUT2D eigenvalue weighted by Gasteiger charge is 2.24. The number of nitrogens with one attached hydrogen (secondary N) is 1. The molecule has 0 spiro atoms. The number of hydrogen-bond donors (Lipinski definition) is 1. The van der Waals surface area contributed by atoms with Crippen LogP contribution in [0.15, 0.2) is 29.3 Å². The van der Waals surface area contributed by atoms with Crippen molar-refractivity contribution >= 4 is 29.9 Å². The number of likely N-dealkylation sites (tertiary alicyclic amines) is 2. The van der Waals surface area contributed by atoms with E-state index in [0.717, 1.165) is 32.1 Å². The van der Waals surface area contributed by atoms with Crippen molar-refractivity contribution in [3.8, 4) is 0 Å². The highest BCUT2D eigenvalue weighted by Crippen LogP contribution is 2.26. The molecule has 2 aliphatic heterocycles. The number of halogens is 1. The van der Waals surface area contributed by atoms with Crippen molar-refractivity contribution in [1.29, 1.82) is 0 Å². The molecular weight excluding hydrogens is 423 g/mol. The second-order valence-corrected chi connectivity index (χ2v) is 7.06. The molecule has 2 saturated heterocycles. The van der Waals surface area contributed by atoms with Crippen LogP contribution in [0, 0.1) is 6.92 Å². The van der Waals surface area contributed by atoms with Crippen molar-refractivity contribution in [3.63, 3.8) is 0 Å². The lowest BCUT2D eigenvalue weighted by Crippen LogP contribution is -2.40. The molecule has 1 N–H and O–H groups in total. The van der Waals surface area contributed by atoms with Gasteiger partial charge in [-0.15, -0.1) is 24.0 Å². The van der Waals surface area contributed by atoms with E-state index in [4.69, 9.17) is 4.99 Å². The van der Waals surface area contributed by atoms with Crippen LogP contribution < -0.4 is 5.32 Å². The number of nitrogens with zero attached hydrogens (tertiary/aromatic N) is 3. The van der Waals surface area contributed by atoms with Gasteiger partial charge in [-0.25, -0.2) is 0 Å². The summed E-state index contributed by atoms with van der Waals surface area (Å²) in [7, 11) is 0. The van der Waals surface area contributed by atoms with Gasteiger partial charge in [0.15, 0.2) is 5.96 Å². The molecule has 3 rings (SSSR count). The normalized spacial score (nSPS) is 19.8. The van der Waals surface area contributed by atoms with Crippen molar-refractivity contribution in [2.45, 2.75) is 45.6 Å². The zero-order valence-corrected chi connectivity index (χ0v) is 18.0. The summed E-state index contributed by atoms with van der Waals surface area (Å²) in [6, 6.07) is 9.44. The Morgan fingerprint density at radius 2 is 1.64 bits per heavy atom. The van der Waals surface area contributed by atoms with Crippen LogP contribution in [0.25, 0.3) is 0 Å². The zero-order chi connectivity index (χ0) is 16.8. The summed E-state index contributed by atoms with van der Waals surface area (Å²) in [6.45, 7) is 10.8. The average molecular weight is 456 g/mol. The van der Waals surface area contributed by atoms with Gasteiger partial charge in [-0.1, -0.05) is 29.8 Å². The van der Waals surface area contributed by atoms with E-state index in [9.17, 15) is 0 Å². The Hall–Kier alpha value is -0.820. The molecule has 0 aromatic heterocycles. The Labute approximate surface area is 170 Å². The largest absolute Gasteiger partial charge is 0.357 e. The molecule has 5 heteroatoms. The van der Waals surface area contributed by atoms with Gasteiger partial charge in [0, 0.05) is 19.6 Å². The molecule has 1 aromatic rings. The van der Waals surface area contributed by atoms with E-state index in [0.29, 0.717) is 6.04 Å². The lowest BCUT2D eigenvalue weighted by atomic mass is 10.0. The summed E-state index contributed by atoms with van der Waals surface area (Å²) < 4.78 is 0. The fourth-order valence-corrected chi connectivity index (χ4v) is 3.80. The van der Waals surface area contributed by atoms with Crippen molar-refractivity contribution in [3.05, 3.63) is 35.4 Å². The van der Waals surface area contributed by atoms with Gasteiger partial charge in [0.2, 0.25) is 0 Å². The maximum atomic E-state index is 5.03. The lowest BCUT2D eigenvalue weighted by molar-refractivity contribution is 0.251. The Morgan fingerprint density at radius 1 is 1.04 bits per heavy atom. The number of aryl methyl sites for hydroxylation is 1. The van der Waals surface area contributed by atoms with Gasteiger partial charge < -0.3 is 10.2 Å². The van der Waals surface area contributed by atoms with Crippen LogP contribution in [-0.4, -0.2) is 55.0 Å². The molecule has 140 valence electrons. The standard InChI is InChI=1S/C20H32N4.HI/c1-3-21-20(24-14-6-7-15-24)22-16-19(23-12-4-5-13-23)18-10-8-17(2)9-11-18;/h8-11,19H,3-7,12-16H2,1-2H3,(H,21,22);1H. The molecule has 0 saturated carbocycles. The van der Waals surface area contributed by atoms with E-state index in [1.807, 2.05) is 0 Å². The van der Waals surface area contributed by atoms with Crippen LogP contribution in [0.2, 0.25) is 0 Å². The molecule has 25 heavy (non-hydrogen) atoms. The lowest BCUT2D eigenvalue weighted by Gasteiger charge is -2.28. The molecular formula is C20H33IN4. The van der Waals surface area contributed by atoms with Crippen molar-refractivity contribution in [2.75, 3.05) is 39.3 Å². The minimum Gasteiger partial charge on any atom is -0.357 e. The molecule has 2 fully saturated rings. The summed E-state index contributed by atoms with van der Waals surface area (Å²) in [5.74, 6) is 1.10. The van der Waals surface area contributed by atoms with Gasteiger partial charge in [-0.2, -0.15) is 0 Å². The first-order chi connectivity index (χ1) is 11.8. The molecule has 2 heterocycles. The van der Waals surface area contributed by atoms with Crippen LogP contribution >= 0.6 is 24.0 Å². The van der Waals surface area contributed by atoms with E-state index >= 15 is 0 Å². The molecule has 2 aliphatic rings. The molecule has 0 radical (unpaired) electrons. The van der Waals surface area contributed by atoms with Gasteiger partial charge in [-0.05, 0) is 58.2 Å². The predicted octanol–water partition coefficient (Wildman–Crippen LogP) is 3.81. The monoisotopic (exact) mass is 456 g/mol. The first-order valence-corrected chi connectivity index (χ1v) is 9.62. The molecule has 1 atom stereocenters. The minimum absolute atomic E-state index is 0. The smallest absolute Gasteiger partial charge is 0.193 e. The van der Waals surface area contributed by atoms with Crippen LogP contribution in [0.4, 0.5) is 0 Å². The Balaban J connectivity index is 0.00000225. The van der Waals surface area contributed by atoms with E-state index in [1.165, 1.54) is 49.9 Å². The summed E-state index contributed by atoms with van der Waals surface area (Å²) >= 11 is 0. The van der Waals surface area contributed by atoms with Gasteiger partial charge >= 0.3 is 0 Å². The third-order valence-corrected chi connectivity index (χ3v) is 5.20. The predicted molar refractivity (Wildman–Crippen MR) is 117 cm³/mol. The summed E-state index contributed by atoms with van der Waals surface area (Å²) in [4.78, 5) is 10.1. The average Bonchev–Trinajstić information content (AvgIpc) is 3.29. The number of benzene rings is 1. The van der Waals surface area contributed by atoms with Crippen LogP contribution in [0.3, 0.4) is 0 Å². The SMILES string of the molecule is CCNC(=NCC(c1ccc(C)cc1)N1CCCC1)N1CCCC1.I. The van der Waals surface area contributed by atoms with Crippen molar-refractivity contribution < 1.29 is 0 Å². The van der Waals surface area contributed by atoms with Gasteiger partial charge in [0.1, 0.15) is 0 Å². The van der Waals surface area contributed by atoms with Crippen molar-refractivity contribution in [2.24, 2.45) is 4.99 Å². The third kappa shape index (κ3) is 5.58. The summed E-state index contributed by atoms with van der Waals surface area (Å²) in [5.41, 5.74) is 2.73. The number of guanidine groups is 1. The second kappa shape index (κ2) is 10.4. The molecule has 4 nitrogen and oxygen atoms in total. The van der Waals surface area contributed by atoms with E-state index in [-0.39, 0.29) is 24.0 Å². The maximum Gasteiger partial charge on any atom is 0.193 e. The van der Waals surface area contributed by atoms with Crippen molar-refractivity contribution in [1.82, 2.24) is 15.1 Å². The molecule has 0 bridgehead atoms. The molecule has 0 amide bonds. The second-order valence-electron chi connectivity index (χ2n) is 7.06. The van der Waals surface area contributed by atoms with E-state index < -0.39 is 0 Å². The first-order valence-electron chi connectivity index (χ1n) is 9.62. The van der Waals surface area contributed by atoms with Crippen LogP contribution in [-0.2, 0) is 0 Å². The fourth-order valence-electron chi connectivity index (χ4n) is 3.80. The molecule has 1 unspecified atom stereocenters. The Kier molecular flexibility index (Phi) is 8.49. The van der Waals surface area contributed by atoms with Gasteiger partial charge in [0.25, 0.3) is 0 Å². The highest BCUT2D eigenvalue weighted by atomic mass is 127. The van der Waals surface area contributed by atoms with Gasteiger partial charge in [0.05, 0.1) is 12.6 Å². The maximum absolute atomic E-state index is 5.03. The molecule has 1 aromatic carbocycles. The van der Waals surface area contributed by atoms with Gasteiger partial charge in [-0.3, -0.25) is 9.89 Å². The molecule has 0 aliphatic carbocycles. The fraction of sp³-hybridized carbons (Fsp3) is 0.650. The van der Waals surface area contributed by atoms with Crippen LogP contribution in [0.1, 0.15) is 49.8 Å². The summed E-state index contributed by atoms with van der Waals surface area (Å²) in [5, 5.41) is 3.49. The number of aliphatic imine (C=N–C) groups is 1. The number of hydrogen-bond acceptors (Lipinski definition) is 2. The minimum atomic E-state index is 0. The first kappa shape index (κ1) is 20.5. The van der Waals surface area contributed by atoms with Crippen LogP contribution in [0.5, 0.6) is 0 Å². The zero-order valence-electron chi connectivity index (χ0n) is 15.7. The Morgan fingerprint density at radius 3 is 2.24 bits per heavy atom. The Bertz CT molecular complexity index is 531. The number of rotatable bonds is 5. The van der Waals surface area contributed by atoms with E-state index in [2.05, 4.69) is 53.2 Å². The highest BCUT2D eigenvalue weighted by molar-refractivity contribution is 14.0.